The number of carbonyl (C=O) groups is 2. The molecule has 2 amide bonds. The van der Waals surface area contributed by atoms with Crippen molar-refractivity contribution in [3.8, 4) is 0 Å². The molecular weight excluding hydrogens is 504 g/mol. The van der Waals surface area contributed by atoms with Crippen LogP contribution < -0.4 is 10.6 Å². The highest BCUT2D eigenvalue weighted by atomic mass is 32.2. The lowest BCUT2D eigenvalue weighted by Crippen LogP contribution is -2.19. The molecular formula is C25H21FN4O2S3. The van der Waals surface area contributed by atoms with Gasteiger partial charge in [-0.25, -0.2) is 4.39 Å². The van der Waals surface area contributed by atoms with Crippen molar-refractivity contribution in [2.45, 2.75) is 22.2 Å². The third-order valence-electron chi connectivity index (χ3n) is 4.70. The summed E-state index contributed by atoms with van der Waals surface area (Å²) in [7, 11) is 0. The van der Waals surface area contributed by atoms with Crippen molar-refractivity contribution in [2.75, 3.05) is 16.4 Å². The van der Waals surface area contributed by atoms with E-state index < -0.39 is 11.1 Å². The van der Waals surface area contributed by atoms with E-state index in [0.29, 0.717) is 21.5 Å². The Morgan fingerprint density at radius 1 is 1.00 bits per heavy atom. The summed E-state index contributed by atoms with van der Waals surface area (Å²) >= 11 is 4.03. The molecule has 0 radical (unpaired) electrons. The van der Waals surface area contributed by atoms with Gasteiger partial charge in [0, 0.05) is 27.7 Å². The minimum absolute atomic E-state index is 0.217. The number of hydrogen-bond donors (Lipinski definition) is 2. The van der Waals surface area contributed by atoms with Crippen LogP contribution in [0.2, 0.25) is 0 Å². The van der Waals surface area contributed by atoms with Crippen LogP contribution in [0.15, 0.2) is 88.9 Å². The molecule has 1 unspecified atom stereocenters. The van der Waals surface area contributed by atoms with Crippen molar-refractivity contribution in [1.29, 1.82) is 0 Å². The molecule has 0 aliphatic carbocycles. The molecule has 10 heteroatoms. The fraction of sp³-hybridized carbons (Fsp3) is 0.120. The molecule has 3 aromatic carbocycles. The number of benzene rings is 3. The second-order valence-corrected chi connectivity index (χ2v) is 10.4. The van der Waals surface area contributed by atoms with Crippen molar-refractivity contribution in [2.24, 2.45) is 0 Å². The number of nitrogens with one attached hydrogen (secondary N) is 2. The highest BCUT2D eigenvalue weighted by Gasteiger charge is 2.23. The molecule has 178 valence electrons. The van der Waals surface area contributed by atoms with Crippen LogP contribution in [0.5, 0.6) is 0 Å². The Hall–Kier alpha value is -3.21. The van der Waals surface area contributed by atoms with Gasteiger partial charge in [0.15, 0.2) is 0 Å². The summed E-state index contributed by atoms with van der Waals surface area (Å²) in [6, 6.07) is 22.1. The Morgan fingerprint density at radius 3 is 2.51 bits per heavy atom. The smallest absolute Gasteiger partial charge is 0.255 e. The van der Waals surface area contributed by atoms with Crippen LogP contribution in [0.3, 0.4) is 0 Å². The first-order valence-electron chi connectivity index (χ1n) is 10.7. The maximum Gasteiger partial charge on any atom is 0.255 e. The van der Waals surface area contributed by atoms with Crippen molar-refractivity contribution in [1.82, 2.24) is 9.36 Å². The molecule has 0 aliphatic heterocycles. The van der Waals surface area contributed by atoms with Crippen LogP contribution in [0.1, 0.15) is 28.1 Å². The predicted molar refractivity (Wildman–Crippen MR) is 141 cm³/mol. The van der Waals surface area contributed by atoms with E-state index in [2.05, 4.69) is 20.0 Å². The molecule has 4 aromatic rings. The number of hydrogen-bond acceptors (Lipinski definition) is 7. The van der Waals surface area contributed by atoms with Crippen LogP contribution in [-0.2, 0) is 4.79 Å². The van der Waals surface area contributed by atoms with Crippen LogP contribution in [-0.4, -0.2) is 26.9 Å². The standard InChI is InChI=1S/C25H21FN4O2S3/c1-2-33-25-29-24(35-30-25)28-23(32)21(16-7-4-3-5-8-16)34-20-10-6-9-19(15-20)27-22(31)17-11-13-18(26)14-12-17/h3-15,21H,2H2,1H3,(H,27,31)(H,28,29,30,32). The van der Waals surface area contributed by atoms with Gasteiger partial charge in [0.1, 0.15) is 11.1 Å². The summed E-state index contributed by atoms with van der Waals surface area (Å²) in [6.07, 6.45) is 0. The predicted octanol–water partition coefficient (Wildman–Crippen LogP) is 6.51. The topological polar surface area (TPSA) is 84.0 Å². The second-order valence-electron chi connectivity index (χ2n) is 7.20. The summed E-state index contributed by atoms with van der Waals surface area (Å²) in [5.41, 5.74) is 1.76. The van der Waals surface area contributed by atoms with Crippen LogP contribution in [0.4, 0.5) is 15.2 Å². The molecule has 1 aromatic heterocycles. The molecule has 1 atom stereocenters. The SMILES string of the molecule is CCSc1nsc(NC(=O)C(Sc2cccc(NC(=O)c3ccc(F)cc3)c2)c2ccccc2)n1. The zero-order valence-corrected chi connectivity index (χ0v) is 21.1. The van der Waals surface area contributed by atoms with E-state index in [1.165, 1.54) is 47.8 Å². The van der Waals surface area contributed by atoms with Gasteiger partial charge in [-0.15, -0.1) is 11.8 Å². The van der Waals surface area contributed by atoms with E-state index >= 15 is 0 Å². The average Bonchev–Trinajstić information content (AvgIpc) is 3.30. The molecule has 35 heavy (non-hydrogen) atoms. The molecule has 0 saturated carbocycles. The molecule has 4 rings (SSSR count). The van der Waals surface area contributed by atoms with Crippen LogP contribution in [0, 0.1) is 5.82 Å². The first kappa shape index (κ1) is 24.9. The van der Waals surface area contributed by atoms with Crippen molar-refractivity contribution < 1.29 is 14.0 Å². The van der Waals surface area contributed by atoms with Gasteiger partial charge < -0.3 is 5.32 Å². The Balaban J connectivity index is 1.51. The summed E-state index contributed by atoms with van der Waals surface area (Å²) in [5.74, 6) is -0.118. The van der Waals surface area contributed by atoms with Gasteiger partial charge in [-0.1, -0.05) is 55.1 Å². The number of nitrogens with zero attached hydrogens (tertiary/aromatic N) is 2. The Kier molecular flexibility index (Phi) is 8.51. The monoisotopic (exact) mass is 524 g/mol. The molecule has 6 nitrogen and oxygen atoms in total. The zero-order valence-electron chi connectivity index (χ0n) is 18.6. The van der Waals surface area contributed by atoms with E-state index in [1.807, 2.05) is 49.4 Å². The third kappa shape index (κ3) is 6.91. The van der Waals surface area contributed by atoms with E-state index in [0.717, 1.165) is 27.7 Å². The van der Waals surface area contributed by atoms with Gasteiger partial charge in [0.25, 0.3) is 5.91 Å². The zero-order chi connectivity index (χ0) is 24.6. The normalized spacial score (nSPS) is 11.6. The molecule has 1 heterocycles. The van der Waals surface area contributed by atoms with Crippen molar-refractivity contribution in [3.63, 3.8) is 0 Å². The van der Waals surface area contributed by atoms with E-state index in [9.17, 15) is 14.0 Å². The lowest BCUT2D eigenvalue weighted by atomic mass is 10.1. The highest BCUT2D eigenvalue weighted by Crippen LogP contribution is 2.37. The molecule has 0 aliphatic rings. The summed E-state index contributed by atoms with van der Waals surface area (Å²) in [5, 5.41) is 6.25. The van der Waals surface area contributed by atoms with Gasteiger partial charge in [0.2, 0.25) is 16.2 Å². The summed E-state index contributed by atoms with van der Waals surface area (Å²) < 4.78 is 17.4. The number of carbonyl (C=O) groups excluding carboxylic acids is 2. The maximum atomic E-state index is 13.3. The highest BCUT2D eigenvalue weighted by molar-refractivity contribution is 8.00. The van der Waals surface area contributed by atoms with E-state index in [-0.39, 0.29) is 11.8 Å². The van der Waals surface area contributed by atoms with Gasteiger partial charge in [-0.3, -0.25) is 14.9 Å². The molecule has 0 fully saturated rings. The maximum absolute atomic E-state index is 13.3. The van der Waals surface area contributed by atoms with Crippen molar-refractivity contribution >= 4 is 57.7 Å². The average molecular weight is 525 g/mol. The Labute approximate surface area is 214 Å². The van der Waals surface area contributed by atoms with E-state index in [1.54, 1.807) is 12.1 Å². The number of thioether (sulfide) groups is 2. The molecule has 2 N–H and O–H groups in total. The number of anilines is 2. The van der Waals surface area contributed by atoms with Gasteiger partial charge >= 0.3 is 0 Å². The molecule has 0 spiro atoms. The summed E-state index contributed by atoms with van der Waals surface area (Å²) in [6.45, 7) is 2.02. The number of aromatic nitrogens is 2. The largest absolute Gasteiger partial charge is 0.322 e. The first-order chi connectivity index (χ1) is 17.0. The van der Waals surface area contributed by atoms with Gasteiger partial charge in [-0.2, -0.15) is 9.36 Å². The first-order valence-corrected chi connectivity index (χ1v) is 13.3. The Bertz CT molecular complexity index is 1300. The second kappa shape index (κ2) is 12.0. The van der Waals surface area contributed by atoms with Crippen LogP contribution >= 0.6 is 35.1 Å². The van der Waals surface area contributed by atoms with Gasteiger partial charge in [-0.05, 0) is 53.8 Å². The minimum Gasteiger partial charge on any atom is -0.322 e. The van der Waals surface area contributed by atoms with Gasteiger partial charge in [0.05, 0.1) is 0 Å². The third-order valence-corrected chi connectivity index (χ3v) is 7.43. The van der Waals surface area contributed by atoms with Crippen LogP contribution in [0.25, 0.3) is 0 Å². The fourth-order valence-corrected chi connectivity index (χ4v) is 5.46. The summed E-state index contributed by atoms with van der Waals surface area (Å²) in [4.78, 5) is 30.9. The van der Waals surface area contributed by atoms with Crippen molar-refractivity contribution in [3.05, 3.63) is 95.8 Å². The minimum atomic E-state index is -0.551. The lowest BCUT2D eigenvalue weighted by molar-refractivity contribution is -0.115. The molecule has 0 bridgehead atoms. The number of halogens is 1. The Morgan fingerprint density at radius 2 is 1.77 bits per heavy atom. The quantitative estimate of drug-likeness (QED) is 0.243. The number of amides is 2. The van der Waals surface area contributed by atoms with E-state index in [4.69, 9.17) is 0 Å². The molecule has 0 saturated heterocycles. The fourth-order valence-electron chi connectivity index (χ4n) is 3.11. The number of rotatable bonds is 9. The lowest BCUT2D eigenvalue weighted by Gasteiger charge is -2.16.